The maximum Gasteiger partial charge on any atom is 0.441 e. The Morgan fingerprint density at radius 2 is 2.00 bits per heavy atom. The minimum atomic E-state index is -4.13. The van der Waals surface area contributed by atoms with Crippen LogP contribution in [0.15, 0.2) is 30.3 Å². The van der Waals surface area contributed by atoms with Gasteiger partial charge in [0.2, 0.25) is 0 Å². The molecule has 1 N–H and O–H groups in total. The van der Waals surface area contributed by atoms with Gasteiger partial charge in [0.05, 0.1) is 0 Å². The first kappa shape index (κ1) is 14.7. The molecule has 1 heterocycles. The molecule has 0 amide bonds. The highest BCUT2D eigenvalue weighted by Crippen LogP contribution is 2.31. The quantitative estimate of drug-likeness (QED) is 0.918. The molecule has 19 heavy (non-hydrogen) atoms. The number of nitrogens with one attached hydrogen (secondary N) is 1. The van der Waals surface area contributed by atoms with Gasteiger partial charge in [-0.3, -0.25) is 4.90 Å². The highest BCUT2D eigenvalue weighted by molar-refractivity contribution is 8.00. The molecule has 106 valence electrons. The average molecular weight is 290 g/mol. The monoisotopic (exact) mass is 290 g/mol. The van der Waals surface area contributed by atoms with Crippen LogP contribution >= 0.6 is 11.8 Å². The van der Waals surface area contributed by atoms with Gasteiger partial charge in [-0.05, 0) is 17.3 Å². The minimum Gasteiger partial charge on any atom is -0.314 e. The van der Waals surface area contributed by atoms with E-state index in [-0.39, 0.29) is 23.6 Å². The molecule has 1 aromatic rings. The predicted octanol–water partition coefficient (Wildman–Crippen LogP) is 2.89. The number of alkyl halides is 3. The number of thioether (sulfide) groups is 1. The van der Waals surface area contributed by atoms with Crippen LogP contribution in [0, 0.1) is 0 Å². The summed E-state index contributed by atoms with van der Waals surface area (Å²) in [6.45, 7) is 2.88. The summed E-state index contributed by atoms with van der Waals surface area (Å²) < 4.78 is 36.5. The zero-order valence-electron chi connectivity index (χ0n) is 10.5. The topological polar surface area (TPSA) is 15.3 Å². The van der Waals surface area contributed by atoms with E-state index in [4.69, 9.17) is 0 Å². The van der Waals surface area contributed by atoms with Crippen molar-refractivity contribution < 1.29 is 13.2 Å². The van der Waals surface area contributed by atoms with Gasteiger partial charge in [-0.2, -0.15) is 13.2 Å². The SMILES string of the molecule is FC(F)(F)SCCN1CCNCC1c1ccccc1. The van der Waals surface area contributed by atoms with E-state index in [1.54, 1.807) is 0 Å². The molecule has 0 aromatic heterocycles. The molecule has 1 saturated heterocycles. The summed E-state index contributed by atoms with van der Waals surface area (Å²) in [5.74, 6) is 0.0901. The Kier molecular flexibility index (Phi) is 5.13. The van der Waals surface area contributed by atoms with Crippen molar-refractivity contribution in [3.63, 3.8) is 0 Å². The smallest absolute Gasteiger partial charge is 0.314 e. The number of benzene rings is 1. The molecule has 1 atom stereocenters. The van der Waals surface area contributed by atoms with E-state index in [0.717, 1.165) is 25.2 Å². The summed E-state index contributed by atoms with van der Waals surface area (Å²) in [5, 5.41) is 3.30. The van der Waals surface area contributed by atoms with Gasteiger partial charge in [0.15, 0.2) is 0 Å². The second kappa shape index (κ2) is 6.63. The number of hydrogen-bond donors (Lipinski definition) is 1. The molecule has 0 radical (unpaired) electrons. The van der Waals surface area contributed by atoms with Crippen LogP contribution < -0.4 is 5.32 Å². The molecule has 1 aliphatic rings. The van der Waals surface area contributed by atoms with Crippen molar-refractivity contribution in [3.05, 3.63) is 35.9 Å². The lowest BCUT2D eigenvalue weighted by Crippen LogP contribution is -2.46. The Morgan fingerprint density at radius 1 is 1.26 bits per heavy atom. The molecule has 1 aromatic carbocycles. The fraction of sp³-hybridized carbons (Fsp3) is 0.538. The van der Waals surface area contributed by atoms with E-state index < -0.39 is 5.51 Å². The third-order valence-corrected chi connectivity index (χ3v) is 3.90. The molecule has 6 heteroatoms. The Bertz CT molecular complexity index is 383. The molecule has 0 bridgehead atoms. The van der Waals surface area contributed by atoms with Gasteiger partial charge in [-0.15, -0.1) is 0 Å². The molecule has 2 rings (SSSR count). The molecular weight excluding hydrogens is 273 g/mol. The van der Waals surface area contributed by atoms with Crippen molar-refractivity contribution in [3.8, 4) is 0 Å². The zero-order valence-corrected chi connectivity index (χ0v) is 11.3. The van der Waals surface area contributed by atoms with Crippen molar-refractivity contribution in [2.75, 3.05) is 31.9 Å². The number of rotatable bonds is 4. The van der Waals surface area contributed by atoms with E-state index in [1.807, 2.05) is 30.3 Å². The van der Waals surface area contributed by atoms with Crippen LogP contribution in [0.4, 0.5) is 13.2 Å². The van der Waals surface area contributed by atoms with Gasteiger partial charge >= 0.3 is 5.51 Å². The van der Waals surface area contributed by atoms with Crippen molar-refractivity contribution >= 4 is 11.8 Å². The maximum atomic E-state index is 12.2. The van der Waals surface area contributed by atoms with Crippen LogP contribution in [0.25, 0.3) is 0 Å². The van der Waals surface area contributed by atoms with Crippen molar-refractivity contribution in [1.82, 2.24) is 10.2 Å². The lowest BCUT2D eigenvalue weighted by Gasteiger charge is -2.36. The van der Waals surface area contributed by atoms with Crippen molar-refractivity contribution in [2.24, 2.45) is 0 Å². The molecular formula is C13H17F3N2S. The number of nitrogens with zero attached hydrogens (tertiary/aromatic N) is 1. The van der Waals surface area contributed by atoms with Gasteiger partial charge in [-0.1, -0.05) is 30.3 Å². The summed E-state index contributed by atoms with van der Waals surface area (Å²) in [5.41, 5.74) is -2.97. The van der Waals surface area contributed by atoms with Crippen LogP contribution in [0.2, 0.25) is 0 Å². The van der Waals surface area contributed by atoms with Gasteiger partial charge in [0, 0.05) is 38.0 Å². The van der Waals surface area contributed by atoms with E-state index in [9.17, 15) is 13.2 Å². The van der Waals surface area contributed by atoms with E-state index >= 15 is 0 Å². The van der Waals surface area contributed by atoms with E-state index in [1.165, 1.54) is 0 Å². The fourth-order valence-electron chi connectivity index (χ4n) is 2.30. The van der Waals surface area contributed by atoms with Crippen molar-refractivity contribution in [2.45, 2.75) is 11.6 Å². The Labute approximate surface area is 115 Å². The third kappa shape index (κ3) is 4.71. The Morgan fingerprint density at radius 3 is 2.68 bits per heavy atom. The predicted molar refractivity (Wildman–Crippen MR) is 72.1 cm³/mol. The van der Waals surface area contributed by atoms with Crippen LogP contribution in [0.5, 0.6) is 0 Å². The molecule has 1 aliphatic heterocycles. The van der Waals surface area contributed by atoms with Gasteiger partial charge in [0.1, 0.15) is 0 Å². The molecule has 0 spiro atoms. The highest BCUT2D eigenvalue weighted by atomic mass is 32.2. The lowest BCUT2D eigenvalue weighted by atomic mass is 10.0. The maximum absolute atomic E-state index is 12.2. The largest absolute Gasteiger partial charge is 0.441 e. The zero-order chi connectivity index (χ0) is 13.7. The van der Waals surface area contributed by atoms with E-state index in [2.05, 4.69) is 10.2 Å². The van der Waals surface area contributed by atoms with Crippen LogP contribution in [0.1, 0.15) is 11.6 Å². The van der Waals surface area contributed by atoms with E-state index in [0.29, 0.717) is 6.54 Å². The lowest BCUT2D eigenvalue weighted by molar-refractivity contribution is -0.0329. The first-order valence-electron chi connectivity index (χ1n) is 6.27. The molecule has 1 unspecified atom stereocenters. The Balaban J connectivity index is 1.93. The number of halogens is 3. The molecule has 2 nitrogen and oxygen atoms in total. The van der Waals surface area contributed by atoms with Crippen LogP contribution in [-0.2, 0) is 0 Å². The number of hydrogen-bond acceptors (Lipinski definition) is 3. The van der Waals surface area contributed by atoms with Gasteiger partial charge < -0.3 is 5.32 Å². The summed E-state index contributed by atoms with van der Waals surface area (Å²) in [6, 6.07) is 10.1. The summed E-state index contributed by atoms with van der Waals surface area (Å²) in [6.07, 6.45) is 0. The van der Waals surface area contributed by atoms with Gasteiger partial charge in [-0.25, -0.2) is 0 Å². The summed E-state index contributed by atoms with van der Waals surface area (Å²) in [4.78, 5) is 2.13. The summed E-state index contributed by atoms with van der Waals surface area (Å²) in [7, 11) is 0. The fourth-order valence-corrected chi connectivity index (χ4v) is 2.85. The first-order valence-corrected chi connectivity index (χ1v) is 7.25. The molecule has 0 aliphatic carbocycles. The third-order valence-electron chi connectivity index (χ3n) is 3.18. The normalized spacial score (nSPS) is 21.5. The highest BCUT2D eigenvalue weighted by Gasteiger charge is 2.29. The minimum absolute atomic E-state index is 0.0624. The standard InChI is InChI=1S/C13H17F3N2S/c14-13(15,16)19-9-8-18-7-6-17-10-12(18)11-4-2-1-3-5-11/h1-5,12,17H,6-10H2. The summed E-state index contributed by atoms with van der Waals surface area (Å²) >= 11 is 0.0624. The Hall–Kier alpha value is -0.720. The average Bonchev–Trinajstić information content (AvgIpc) is 2.39. The number of piperazine rings is 1. The first-order chi connectivity index (χ1) is 9.06. The van der Waals surface area contributed by atoms with Crippen LogP contribution in [-0.4, -0.2) is 42.3 Å². The second-order valence-electron chi connectivity index (χ2n) is 4.46. The van der Waals surface area contributed by atoms with Gasteiger partial charge in [0.25, 0.3) is 0 Å². The van der Waals surface area contributed by atoms with Crippen LogP contribution in [0.3, 0.4) is 0 Å². The second-order valence-corrected chi connectivity index (χ2v) is 5.62. The van der Waals surface area contributed by atoms with Crippen molar-refractivity contribution in [1.29, 1.82) is 0 Å². The molecule has 1 fully saturated rings. The molecule has 0 saturated carbocycles.